The number of amides is 2. The van der Waals surface area contributed by atoms with Gasteiger partial charge in [0.05, 0.1) is 41.7 Å². The molecule has 52 heavy (non-hydrogen) atoms. The number of Topliss-reactive ketones (excluding diaryl/α,β-unsaturated/α-hetero) is 1. The largest absolute Gasteiger partial charge is 0.496 e. The van der Waals surface area contributed by atoms with Gasteiger partial charge in [-0.1, -0.05) is 17.3 Å². The van der Waals surface area contributed by atoms with Crippen LogP contribution in [0.4, 0.5) is 15.4 Å². The number of ketones is 1. The van der Waals surface area contributed by atoms with E-state index in [2.05, 4.69) is 15.1 Å². The molecule has 5 rings (SSSR count). The second-order valence-corrected chi connectivity index (χ2v) is 14.5. The van der Waals surface area contributed by atoms with Crippen molar-refractivity contribution in [3.05, 3.63) is 99.1 Å². The number of fused-ring (bicyclic) bond motifs is 1. The van der Waals surface area contributed by atoms with Crippen LogP contribution < -0.4 is 15.2 Å². The van der Waals surface area contributed by atoms with Crippen molar-refractivity contribution >= 4 is 34.7 Å². The topological polar surface area (TPSA) is 156 Å². The van der Waals surface area contributed by atoms with Crippen molar-refractivity contribution < 1.29 is 33.1 Å². The molecule has 13 nitrogen and oxygen atoms in total. The van der Waals surface area contributed by atoms with Crippen LogP contribution in [0.5, 0.6) is 5.75 Å². The summed E-state index contributed by atoms with van der Waals surface area (Å²) in [5, 5.41) is 4.71. The Morgan fingerprint density at radius 3 is 2.12 bits per heavy atom. The van der Waals surface area contributed by atoms with Gasteiger partial charge in [0, 0.05) is 35.8 Å². The van der Waals surface area contributed by atoms with Crippen LogP contribution >= 0.6 is 0 Å². The number of carbonyl (C=O) groups is 3. The SMILES string of the molecule is COc1cc2c(cc1-c1c(C)noc1C)cc(C(=O)Cc1cnc(N(C(=O)OC(C)(C)C)C(=O)OC(C)(C)C)c(C)c1)c(=O)n2Cc1ccccn1. The molecular weight excluding hydrogens is 666 g/mol. The van der Waals surface area contributed by atoms with Crippen LogP contribution in [0.25, 0.3) is 22.0 Å². The van der Waals surface area contributed by atoms with Crippen LogP contribution in [-0.2, 0) is 22.4 Å². The minimum absolute atomic E-state index is 0.0103. The minimum Gasteiger partial charge on any atom is -0.496 e. The van der Waals surface area contributed by atoms with Gasteiger partial charge in [-0.3, -0.25) is 14.6 Å². The van der Waals surface area contributed by atoms with Crippen LogP contribution in [-0.4, -0.2) is 56.0 Å². The highest BCUT2D eigenvalue weighted by atomic mass is 16.6. The summed E-state index contributed by atoms with van der Waals surface area (Å²) in [4.78, 5) is 64.2. The number of imide groups is 1. The quantitative estimate of drug-likeness (QED) is 0.147. The Labute approximate surface area is 301 Å². The number of carbonyl (C=O) groups excluding carboxylic acids is 3. The predicted molar refractivity (Wildman–Crippen MR) is 195 cm³/mol. The van der Waals surface area contributed by atoms with Crippen molar-refractivity contribution in [3.63, 3.8) is 0 Å². The third-order valence-corrected chi connectivity index (χ3v) is 7.90. The summed E-state index contributed by atoms with van der Waals surface area (Å²) in [6.07, 6.45) is 0.913. The highest BCUT2D eigenvalue weighted by Crippen LogP contribution is 2.38. The van der Waals surface area contributed by atoms with Crippen LogP contribution in [0, 0.1) is 20.8 Å². The van der Waals surface area contributed by atoms with Gasteiger partial charge in [-0.25, -0.2) is 14.6 Å². The van der Waals surface area contributed by atoms with Gasteiger partial charge in [-0.05, 0) is 97.7 Å². The van der Waals surface area contributed by atoms with Gasteiger partial charge < -0.3 is 23.3 Å². The third-order valence-electron chi connectivity index (χ3n) is 7.90. The number of hydrogen-bond donors (Lipinski definition) is 0. The molecule has 0 N–H and O–H groups in total. The standard InChI is InChI=1S/C39H43N5O8/c1-22-15-25(20-41-34(22)44(36(47)50-38(4,5)6)37(48)51-39(7,8)9)16-31(45)28-17-26-18-29(33-23(2)42-52-24(33)3)32(49-10)19-30(26)43(35(28)46)21-27-13-11-12-14-40-27/h11-15,17-20H,16,21H2,1-10H3. The summed E-state index contributed by atoms with van der Waals surface area (Å²) in [6, 6.07) is 12.2. The number of ether oxygens (including phenoxy) is 3. The molecule has 2 amide bonds. The zero-order valence-electron chi connectivity index (χ0n) is 31.1. The number of hydrogen-bond acceptors (Lipinski definition) is 11. The Balaban J connectivity index is 1.57. The number of aromatic nitrogens is 4. The fourth-order valence-corrected chi connectivity index (χ4v) is 5.75. The van der Waals surface area contributed by atoms with Crippen molar-refractivity contribution in [3.8, 4) is 16.9 Å². The number of benzene rings is 1. The van der Waals surface area contributed by atoms with Crippen molar-refractivity contribution in [2.75, 3.05) is 12.0 Å². The molecule has 272 valence electrons. The minimum atomic E-state index is -0.960. The zero-order valence-corrected chi connectivity index (χ0v) is 31.1. The number of pyridine rings is 3. The summed E-state index contributed by atoms with van der Waals surface area (Å²) in [7, 11) is 1.55. The van der Waals surface area contributed by atoms with Crippen molar-refractivity contribution in [1.29, 1.82) is 0 Å². The smallest absolute Gasteiger partial charge is 0.425 e. The molecule has 5 aromatic rings. The predicted octanol–water partition coefficient (Wildman–Crippen LogP) is 7.53. The second kappa shape index (κ2) is 14.4. The summed E-state index contributed by atoms with van der Waals surface area (Å²) in [5.74, 6) is 0.630. The number of nitrogens with zero attached hydrogens (tertiary/aromatic N) is 5. The molecular formula is C39H43N5O8. The number of rotatable bonds is 8. The Morgan fingerprint density at radius 1 is 0.904 bits per heavy atom. The molecule has 1 aromatic carbocycles. The number of anilines is 1. The van der Waals surface area contributed by atoms with E-state index >= 15 is 0 Å². The highest BCUT2D eigenvalue weighted by Gasteiger charge is 2.34. The van der Waals surface area contributed by atoms with Gasteiger partial charge in [-0.2, -0.15) is 4.90 Å². The van der Waals surface area contributed by atoms with E-state index in [1.54, 1.807) is 99.0 Å². The molecule has 0 aliphatic rings. The zero-order chi connectivity index (χ0) is 38.1. The Bertz CT molecular complexity index is 2180. The first-order valence-corrected chi connectivity index (χ1v) is 16.7. The van der Waals surface area contributed by atoms with E-state index in [0.29, 0.717) is 50.5 Å². The summed E-state index contributed by atoms with van der Waals surface area (Å²) >= 11 is 0. The van der Waals surface area contributed by atoms with E-state index in [0.717, 1.165) is 10.5 Å². The highest BCUT2D eigenvalue weighted by molar-refractivity contribution is 6.09. The van der Waals surface area contributed by atoms with E-state index in [1.165, 1.54) is 10.8 Å². The van der Waals surface area contributed by atoms with Crippen LogP contribution in [0.1, 0.15) is 80.2 Å². The molecule has 4 aromatic heterocycles. The van der Waals surface area contributed by atoms with Gasteiger partial charge in [0.15, 0.2) is 11.6 Å². The van der Waals surface area contributed by atoms with Gasteiger partial charge in [0.1, 0.15) is 22.7 Å². The summed E-state index contributed by atoms with van der Waals surface area (Å²) < 4.78 is 23.7. The maximum atomic E-state index is 14.2. The third kappa shape index (κ3) is 8.20. The van der Waals surface area contributed by atoms with Crippen LogP contribution in [0.2, 0.25) is 0 Å². The van der Waals surface area contributed by atoms with Gasteiger partial charge in [-0.15, -0.1) is 0 Å². The summed E-state index contributed by atoms with van der Waals surface area (Å²) in [5.41, 5.74) is 1.80. The maximum Gasteiger partial charge on any atom is 0.425 e. The maximum absolute atomic E-state index is 14.2. The van der Waals surface area contributed by atoms with E-state index in [1.807, 2.05) is 19.1 Å². The Kier molecular flexibility index (Phi) is 10.4. The first-order valence-electron chi connectivity index (χ1n) is 16.7. The van der Waals surface area contributed by atoms with Crippen molar-refractivity contribution in [1.82, 2.24) is 19.7 Å². The molecule has 0 aliphatic heterocycles. The van der Waals surface area contributed by atoms with Crippen LogP contribution in [0.15, 0.2) is 64.2 Å². The lowest BCUT2D eigenvalue weighted by Crippen LogP contribution is -2.44. The monoisotopic (exact) mass is 709 g/mol. The Morgan fingerprint density at radius 2 is 1.58 bits per heavy atom. The van der Waals surface area contributed by atoms with Crippen molar-refractivity contribution in [2.24, 2.45) is 0 Å². The first-order chi connectivity index (χ1) is 24.4. The fraction of sp³-hybridized carbons (Fsp3) is 0.359. The second-order valence-electron chi connectivity index (χ2n) is 14.5. The van der Waals surface area contributed by atoms with Gasteiger partial charge in [0.2, 0.25) is 0 Å². The average molecular weight is 710 g/mol. The molecule has 0 bridgehead atoms. The van der Waals surface area contributed by atoms with E-state index in [-0.39, 0.29) is 24.3 Å². The van der Waals surface area contributed by atoms with Gasteiger partial charge in [0.25, 0.3) is 5.56 Å². The molecule has 0 atom stereocenters. The first kappa shape index (κ1) is 37.4. The molecule has 0 spiro atoms. The van der Waals surface area contributed by atoms with Gasteiger partial charge >= 0.3 is 12.2 Å². The normalized spacial score (nSPS) is 11.7. The molecule has 13 heteroatoms. The molecule has 0 radical (unpaired) electrons. The molecule has 0 saturated heterocycles. The molecule has 0 unspecified atom stereocenters. The van der Waals surface area contributed by atoms with E-state index < -0.39 is 34.7 Å². The average Bonchev–Trinajstić information content (AvgIpc) is 3.38. The van der Waals surface area contributed by atoms with Crippen LogP contribution in [0.3, 0.4) is 0 Å². The molecule has 0 fully saturated rings. The molecule has 4 heterocycles. The number of aryl methyl sites for hydroxylation is 3. The van der Waals surface area contributed by atoms with E-state index in [9.17, 15) is 19.2 Å². The summed E-state index contributed by atoms with van der Waals surface area (Å²) in [6.45, 7) is 15.5. The lowest BCUT2D eigenvalue weighted by Gasteiger charge is -2.28. The van der Waals surface area contributed by atoms with Crippen molar-refractivity contribution in [2.45, 2.75) is 86.5 Å². The number of methoxy groups -OCH3 is 1. The lowest BCUT2D eigenvalue weighted by molar-refractivity contribution is 0.0428. The fourth-order valence-electron chi connectivity index (χ4n) is 5.75. The molecule has 0 aliphatic carbocycles. The Hall–Kier alpha value is -5.85. The lowest BCUT2D eigenvalue weighted by atomic mass is 9.98. The van der Waals surface area contributed by atoms with E-state index in [4.69, 9.17) is 18.7 Å². The molecule has 0 saturated carbocycles.